The van der Waals surface area contributed by atoms with E-state index in [0.717, 1.165) is 12.6 Å². The lowest BCUT2D eigenvalue weighted by molar-refractivity contribution is 0.114. The molecule has 1 N–H and O–H groups in total. The number of hydrogen-bond acceptors (Lipinski definition) is 2. The van der Waals surface area contributed by atoms with Gasteiger partial charge in [-0.05, 0) is 44.7 Å². The fourth-order valence-corrected chi connectivity index (χ4v) is 4.09. The zero-order valence-corrected chi connectivity index (χ0v) is 12.5. The van der Waals surface area contributed by atoms with Crippen LogP contribution in [0.5, 0.6) is 0 Å². The van der Waals surface area contributed by atoms with Crippen LogP contribution in [0.3, 0.4) is 0 Å². The molecule has 0 unspecified atom stereocenters. The van der Waals surface area contributed by atoms with Crippen molar-refractivity contribution in [2.24, 2.45) is 5.41 Å². The highest BCUT2D eigenvalue weighted by Gasteiger charge is 2.35. The monoisotopic (exact) mass is 252 g/mol. The van der Waals surface area contributed by atoms with Gasteiger partial charge in [-0.25, -0.2) is 0 Å². The Balaban J connectivity index is 1.86. The standard InChI is InChI=1S/C16H32N2/c1-3-17-13-16(11-7-8-12-16)14-18(2)15-9-5-4-6-10-15/h15,17H,3-14H2,1-2H3. The average Bonchev–Trinajstić information content (AvgIpc) is 2.86. The summed E-state index contributed by atoms with van der Waals surface area (Å²) in [4.78, 5) is 2.70. The van der Waals surface area contributed by atoms with Gasteiger partial charge in [0.2, 0.25) is 0 Å². The summed E-state index contributed by atoms with van der Waals surface area (Å²) in [6, 6.07) is 0.873. The SMILES string of the molecule is CCNCC1(CN(C)C2CCCCC2)CCCC1. The average molecular weight is 252 g/mol. The van der Waals surface area contributed by atoms with Gasteiger partial charge in [-0.3, -0.25) is 0 Å². The maximum atomic E-state index is 3.61. The van der Waals surface area contributed by atoms with Gasteiger partial charge in [-0.1, -0.05) is 39.0 Å². The van der Waals surface area contributed by atoms with Crippen molar-refractivity contribution in [2.75, 3.05) is 26.7 Å². The van der Waals surface area contributed by atoms with Gasteiger partial charge in [0.1, 0.15) is 0 Å². The molecule has 2 saturated carbocycles. The summed E-state index contributed by atoms with van der Waals surface area (Å²) in [5.74, 6) is 0. The molecular weight excluding hydrogens is 220 g/mol. The second-order valence-corrected chi connectivity index (χ2v) is 6.69. The number of rotatable bonds is 6. The van der Waals surface area contributed by atoms with E-state index in [1.165, 1.54) is 70.9 Å². The van der Waals surface area contributed by atoms with Crippen LogP contribution in [0.2, 0.25) is 0 Å². The van der Waals surface area contributed by atoms with Gasteiger partial charge in [-0.2, -0.15) is 0 Å². The third-order valence-corrected chi connectivity index (χ3v) is 5.20. The molecule has 2 rings (SSSR count). The minimum Gasteiger partial charge on any atom is -0.316 e. The summed E-state index contributed by atoms with van der Waals surface area (Å²) in [6.45, 7) is 5.91. The van der Waals surface area contributed by atoms with Crippen molar-refractivity contribution >= 4 is 0 Å². The van der Waals surface area contributed by atoms with Gasteiger partial charge in [0, 0.05) is 19.1 Å². The molecule has 2 aliphatic carbocycles. The Kier molecular flexibility index (Phi) is 5.50. The lowest BCUT2D eigenvalue weighted by atomic mass is 9.84. The van der Waals surface area contributed by atoms with Crippen LogP contribution in [-0.2, 0) is 0 Å². The Hall–Kier alpha value is -0.0800. The molecule has 106 valence electrons. The van der Waals surface area contributed by atoms with E-state index in [9.17, 15) is 0 Å². The van der Waals surface area contributed by atoms with Gasteiger partial charge in [-0.15, -0.1) is 0 Å². The number of hydrogen-bond donors (Lipinski definition) is 1. The Bertz CT molecular complexity index is 227. The minimum absolute atomic E-state index is 0.586. The van der Waals surface area contributed by atoms with Crippen molar-refractivity contribution in [3.63, 3.8) is 0 Å². The fourth-order valence-electron chi connectivity index (χ4n) is 4.09. The zero-order chi connectivity index (χ0) is 12.8. The fraction of sp³-hybridized carbons (Fsp3) is 1.00. The smallest absolute Gasteiger partial charge is 0.00924 e. The van der Waals surface area contributed by atoms with E-state index < -0.39 is 0 Å². The van der Waals surface area contributed by atoms with Crippen LogP contribution < -0.4 is 5.32 Å². The predicted molar refractivity (Wildman–Crippen MR) is 78.9 cm³/mol. The molecule has 2 aliphatic rings. The number of nitrogens with one attached hydrogen (secondary N) is 1. The largest absolute Gasteiger partial charge is 0.316 e. The first kappa shape index (κ1) is 14.3. The summed E-state index contributed by atoms with van der Waals surface area (Å²) in [7, 11) is 2.38. The quantitative estimate of drug-likeness (QED) is 0.779. The molecule has 0 aliphatic heterocycles. The molecule has 0 heterocycles. The Morgan fingerprint density at radius 2 is 1.72 bits per heavy atom. The van der Waals surface area contributed by atoms with Crippen molar-refractivity contribution in [3.8, 4) is 0 Å². The molecule has 0 atom stereocenters. The van der Waals surface area contributed by atoms with E-state index in [4.69, 9.17) is 0 Å². The molecular formula is C16H32N2. The molecule has 0 spiro atoms. The first-order valence-electron chi connectivity index (χ1n) is 8.17. The van der Waals surface area contributed by atoms with Crippen molar-refractivity contribution in [2.45, 2.75) is 70.8 Å². The second kappa shape index (κ2) is 6.91. The highest BCUT2D eigenvalue weighted by atomic mass is 15.1. The van der Waals surface area contributed by atoms with Gasteiger partial charge >= 0.3 is 0 Å². The predicted octanol–water partition coefficient (Wildman–Crippen LogP) is 3.42. The topological polar surface area (TPSA) is 15.3 Å². The molecule has 2 nitrogen and oxygen atoms in total. The molecule has 0 bridgehead atoms. The molecule has 0 aromatic carbocycles. The summed E-state index contributed by atoms with van der Waals surface area (Å²) in [5.41, 5.74) is 0.586. The van der Waals surface area contributed by atoms with Crippen LogP contribution >= 0.6 is 0 Å². The highest BCUT2D eigenvalue weighted by Crippen LogP contribution is 2.39. The summed E-state index contributed by atoms with van der Waals surface area (Å²) >= 11 is 0. The van der Waals surface area contributed by atoms with Gasteiger partial charge in [0.25, 0.3) is 0 Å². The van der Waals surface area contributed by atoms with E-state index >= 15 is 0 Å². The van der Waals surface area contributed by atoms with E-state index in [0.29, 0.717) is 5.41 Å². The van der Waals surface area contributed by atoms with Gasteiger partial charge in [0.05, 0.1) is 0 Å². The van der Waals surface area contributed by atoms with Crippen LogP contribution in [0.1, 0.15) is 64.7 Å². The lowest BCUT2D eigenvalue weighted by Crippen LogP contribution is -2.45. The molecule has 0 amide bonds. The van der Waals surface area contributed by atoms with Crippen LogP contribution in [0, 0.1) is 5.41 Å². The molecule has 0 saturated heterocycles. The van der Waals surface area contributed by atoms with Crippen LogP contribution in [0.15, 0.2) is 0 Å². The van der Waals surface area contributed by atoms with E-state index in [1.807, 2.05) is 0 Å². The maximum Gasteiger partial charge on any atom is 0.00924 e. The normalized spacial score (nSPS) is 24.8. The first-order valence-corrected chi connectivity index (χ1v) is 8.17. The molecule has 0 aromatic heterocycles. The van der Waals surface area contributed by atoms with Crippen LogP contribution in [0.25, 0.3) is 0 Å². The Labute approximate surface area is 114 Å². The van der Waals surface area contributed by atoms with Crippen molar-refractivity contribution in [1.82, 2.24) is 10.2 Å². The van der Waals surface area contributed by atoms with Crippen molar-refractivity contribution in [1.29, 1.82) is 0 Å². The third-order valence-electron chi connectivity index (χ3n) is 5.20. The molecule has 2 fully saturated rings. The zero-order valence-electron chi connectivity index (χ0n) is 12.5. The molecule has 0 aromatic rings. The van der Waals surface area contributed by atoms with E-state index in [1.54, 1.807) is 0 Å². The Morgan fingerprint density at radius 1 is 1.06 bits per heavy atom. The van der Waals surface area contributed by atoms with Crippen molar-refractivity contribution < 1.29 is 0 Å². The molecule has 0 radical (unpaired) electrons. The lowest BCUT2D eigenvalue weighted by Gasteiger charge is -2.39. The Morgan fingerprint density at radius 3 is 2.33 bits per heavy atom. The summed E-state index contributed by atoms with van der Waals surface area (Å²) < 4.78 is 0. The number of nitrogens with zero attached hydrogens (tertiary/aromatic N) is 1. The highest BCUT2D eigenvalue weighted by molar-refractivity contribution is 4.90. The van der Waals surface area contributed by atoms with Crippen LogP contribution in [0.4, 0.5) is 0 Å². The minimum atomic E-state index is 0.586. The molecule has 18 heavy (non-hydrogen) atoms. The molecule has 2 heteroatoms. The third kappa shape index (κ3) is 3.71. The summed E-state index contributed by atoms with van der Waals surface area (Å²) in [6.07, 6.45) is 13.0. The van der Waals surface area contributed by atoms with Gasteiger partial charge < -0.3 is 10.2 Å². The van der Waals surface area contributed by atoms with E-state index in [2.05, 4.69) is 24.2 Å². The van der Waals surface area contributed by atoms with Crippen molar-refractivity contribution in [3.05, 3.63) is 0 Å². The van der Waals surface area contributed by atoms with E-state index in [-0.39, 0.29) is 0 Å². The van der Waals surface area contributed by atoms with Crippen LogP contribution in [-0.4, -0.2) is 37.6 Å². The van der Waals surface area contributed by atoms with Gasteiger partial charge in [0.15, 0.2) is 0 Å². The second-order valence-electron chi connectivity index (χ2n) is 6.69. The first-order chi connectivity index (χ1) is 8.76. The maximum absolute atomic E-state index is 3.61. The summed E-state index contributed by atoms with van der Waals surface area (Å²) in [5, 5.41) is 3.61.